The zero-order valence-electron chi connectivity index (χ0n) is 21.9. The molecule has 194 valence electrons. The molecule has 1 atom stereocenters. The van der Waals surface area contributed by atoms with Gasteiger partial charge in [-0.15, -0.1) is 0 Å². The average molecular weight is 493 g/mol. The average Bonchev–Trinajstić information content (AvgIpc) is 2.88. The van der Waals surface area contributed by atoms with Crippen molar-refractivity contribution < 1.29 is 14.3 Å². The van der Waals surface area contributed by atoms with Gasteiger partial charge in [0.2, 0.25) is 0 Å². The van der Waals surface area contributed by atoms with Gasteiger partial charge in [-0.25, -0.2) is 4.79 Å². The maximum absolute atomic E-state index is 12.8. The Balaban J connectivity index is 1.57. The SMILES string of the molecule is CCN(CC)C(=O)c1ccc([C@@H](c2cccc(NC(=O)OC)c2)N2CCN(CC3CCC3)CC2)cc1. The fraction of sp³-hybridized carbons (Fsp3) is 0.517. The molecule has 0 bridgehead atoms. The third-order valence-corrected chi connectivity index (χ3v) is 7.67. The number of rotatable bonds is 9. The van der Waals surface area contributed by atoms with Crippen molar-refractivity contribution in [2.45, 2.75) is 39.2 Å². The summed E-state index contributed by atoms with van der Waals surface area (Å²) in [5.41, 5.74) is 3.68. The molecule has 0 radical (unpaired) electrons. The molecule has 0 unspecified atom stereocenters. The number of ether oxygens (including phenoxy) is 1. The lowest BCUT2D eigenvalue weighted by Gasteiger charge is -2.42. The maximum Gasteiger partial charge on any atom is 0.411 e. The molecule has 7 nitrogen and oxygen atoms in total. The van der Waals surface area contributed by atoms with Gasteiger partial charge in [-0.1, -0.05) is 30.7 Å². The zero-order valence-corrected chi connectivity index (χ0v) is 21.9. The number of hydrogen-bond acceptors (Lipinski definition) is 5. The second kappa shape index (κ2) is 12.4. The summed E-state index contributed by atoms with van der Waals surface area (Å²) < 4.78 is 4.78. The summed E-state index contributed by atoms with van der Waals surface area (Å²) in [4.78, 5) is 31.6. The van der Waals surface area contributed by atoms with Crippen LogP contribution in [0.15, 0.2) is 48.5 Å². The van der Waals surface area contributed by atoms with Crippen LogP contribution in [0, 0.1) is 5.92 Å². The highest BCUT2D eigenvalue weighted by Gasteiger charge is 2.29. The van der Waals surface area contributed by atoms with Crippen molar-refractivity contribution in [2.24, 2.45) is 5.92 Å². The number of hydrogen-bond donors (Lipinski definition) is 1. The van der Waals surface area contributed by atoms with Gasteiger partial charge in [0.25, 0.3) is 5.91 Å². The minimum atomic E-state index is -0.479. The zero-order chi connectivity index (χ0) is 25.5. The van der Waals surface area contributed by atoms with Crippen LogP contribution in [0.2, 0.25) is 0 Å². The summed E-state index contributed by atoms with van der Waals surface area (Å²) in [5, 5.41) is 2.79. The first-order chi connectivity index (χ1) is 17.5. The van der Waals surface area contributed by atoms with Gasteiger partial charge in [0.05, 0.1) is 13.2 Å². The Kier molecular flexibility index (Phi) is 8.99. The van der Waals surface area contributed by atoms with Gasteiger partial charge in [0.1, 0.15) is 0 Å². The van der Waals surface area contributed by atoms with Crippen LogP contribution in [-0.2, 0) is 4.74 Å². The molecule has 2 aromatic rings. The number of nitrogens with one attached hydrogen (secondary N) is 1. The monoisotopic (exact) mass is 492 g/mol. The molecule has 4 rings (SSSR count). The van der Waals surface area contributed by atoms with Crippen LogP contribution in [0.25, 0.3) is 0 Å². The first-order valence-electron chi connectivity index (χ1n) is 13.3. The van der Waals surface area contributed by atoms with Crippen molar-refractivity contribution >= 4 is 17.7 Å². The highest BCUT2D eigenvalue weighted by Crippen LogP contribution is 2.33. The molecule has 1 N–H and O–H groups in total. The van der Waals surface area contributed by atoms with Crippen LogP contribution in [-0.4, -0.2) is 79.6 Å². The second-order valence-corrected chi connectivity index (χ2v) is 9.88. The third-order valence-electron chi connectivity index (χ3n) is 7.67. The standard InChI is InChI=1S/C29H40N4O3/c1-4-32(5-2)28(34)24-14-12-23(13-15-24)27(25-10-7-11-26(20-25)30-29(35)36-3)33-18-16-31(17-19-33)21-22-8-6-9-22/h7,10-15,20,22,27H,4-6,8-9,16-19,21H2,1-3H3,(H,30,35)/t27-/m0/s1. The first kappa shape index (κ1) is 26.2. The lowest BCUT2D eigenvalue weighted by molar-refractivity contribution is 0.0772. The number of carbonyl (C=O) groups is 2. The molecule has 7 heteroatoms. The van der Waals surface area contributed by atoms with Crippen molar-refractivity contribution in [3.05, 3.63) is 65.2 Å². The number of amides is 2. The van der Waals surface area contributed by atoms with Crippen LogP contribution in [0.4, 0.5) is 10.5 Å². The van der Waals surface area contributed by atoms with Crippen molar-refractivity contribution in [3.8, 4) is 0 Å². The Labute approximate surface area is 215 Å². The lowest BCUT2D eigenvalue weighted by Crippen LogP contribution is -2.49. The van der Waals surface area contributed by atoms with Gasteiger partial charge in [-0.2, -0.15) is 0 Å². The van der Waals surface area contributed by atoms with Crippen LogP contribution in [0.5, 0.6) is 0 Å². The van der Waals surface area contributed by atoms with E-state index in [1.54, 1.807) is 0 Å². The molecule has 1 saturated carbocycles. The molecule has 36 heavy (non-hydrogen) atoms. The Bertz CT molecular complexity index is 1010. The van der Waals surface area contributed by atoms with Gasteiger partial charge in [-0.3, -0.25) is 15.0 Å². The molecule has 2 aliphatic rings. The summed E-state index contributed by atoms with van der Waals surface area (Å²) >= 11 is 0. The summed E-state index contributed by atoms with van der Waals surface area (Å²) in [6.45, 7) is 10.7. The summed E-state index contributed by atoms with van der Waals surface area (Å²) in [6, 6.07) is 16.1. The fourth-order valence-electron chi connectivity index (χ4n) is 5.32. The van der Waals surface area contributed by atoms with E-state index in [1.165, 1.54) is 32.9 Å². The number of nitrogens with zero attached hydrogens (tertiary/aromatic N) is 3. The minimum Gasteiger partial charge on any atom is -0.453 e. The van der Waals surface area contributed by atoms with E-state index in [9.17, 15) is 9.59 Å². The van der Waals surface area contributed by atoms with Gasteiger partial charge < -0.3 is 14.5 Å². The Morgan fingerprint density at radius 1 is 1.00 bits per heavy atom. The number of piperazine rings is 1. The van der Waals surface area contributed by atoms with Crippen molar-refractivity contribution in [2.75, 3.05) is 58.2 Å². The number of methoxy groups -OCH3 is 1. The molecule has 1 aliphatic heterocycles. The normalized spacial score (nSPS) is 17.8. The number of carbonyl (C=O) groups excluding carboxylic acids is 2. The third kappa shape index (κ3) is 6.26. The molecule has 1 heterocycles. The molecule has 1 saturated heterocycles. The van der Waals surface area contributed by atoms with E-state index >= 15 is 0 Å². The molecule has 0 spiro atoms. The largest absolute Gasteiger partial charge is 0.453 e. The molecule has 1 aliphatic carbocycles. The highest BCUT2D eigenvalue weighted by atomic mass is 16.5. The quantitative estimate of drug-likeness (QED) is 0.542. The van der Waals surface area contributed by atoms with E-state index in [4.69, 9.17) is 4.74 Å². The molecule has 2 aromatic carbocycles. The van der Waals surface area contributed by atoms with Gasteiger partial charge in [0.15, 0.2) is 0 Å². The minimum absolute atomic E-state index is 0.0351. The number of anilines is 1. The fourth-order valence-corrected chi connectivity index (χ4v) is 5.32. The van der Waals surface area contributed by atoms with Crippen molar-refractivity contribution in [1.29, 1.82) is 0 Å². The predicted octanol–water partition coefficient (Wildman–Crippen LogP) is 4.85. The summed E-state index contributed by atoms with van der Waals surface area (Å²) in [5.74, 6) is 0.946. The smallest absolute Gasteiger partial charge is 0.411 e. The van der Waals surface area contributed by atoms with Crippen LogP contribution in [0.1, 0.15) is 60.6 Å². The first-order valence-corrected chi connectivity index (χ1v) is 13.3. The van der Waals surface area contributed by atoms with E-state index in [-0.39, 0.29) is 11.9 Å². The van der Waals surface area contributed by atoms with Crippen molar-refractivity contribution in [3.63, 3.8) is 0 Å². The van der Waals surface area contributed by atoms with Gasteiger partial charge in [0, 0.05) is 57.1 Å². The molecule has 2 fully saturated rings. The van der Waals surface area contributed by atoms with Crippen LogP contribution < -0.4 is 5.32 Å². The second-order valence-electron chi connectivity index (χ2n) is 9.88. The van der Waals surface area contributed by atoms with E-state index in [1.807, 2.05) is 49.1 Å². The Morgan fingerprint density at radius 3 is 2.28 bits per heavy atom. The molecule has 0 aromatic heterocycles. The Morgan fingerprint density at radius 2 is 1.69 bits per heavy atom. The van der Waals surface area contributed by atoms with E-state index in [0.29, 0.717) is 24.3 Å². The molecule has 2 amide bonds. The van der Waals surface area contributed by atoms with Gasteiger partial charge >= 0.3 is 6.09 Å². The van der Waals surface area contributed by atoms with Gasteiger partial charge in [-0.05, 0) is 68.0 Å². The van der Waals surface area contributed by atoms with Crippen LogP contribution in [0.3, 0.4) is 0 Å². The summed E-state index contributed by atoms with van der Waals surface area (Å²) in [6.07, 6.45) is 3.66. The highest BCUT2D eigenvalue weighted by molar-refractivity contribution is 5.94. The molecular formula is C29H40N4O3. The van der Waals surface area contributed by atoms with Crippen LogP contribution >= 0.6 is 0 Å². The Hall–Kier alpha value is -2.90. The number of benzene rings is 2. The van der Waals surface area contributed by atoms with E-state index < -0.39 is 6.09 Å². The van der Waals surface area contributed by atoms with Crippen molar-refractivity contribution in [1.82, 2.24) is 14.7 Å². The predicted molar refractivity (Wildman–Crippen MR) is 143 cm³/mol. The maximum atomic E-state index is 12.8. The lowest BCUT2D eigenvalue weighted by atomic mass is 9.85. The summed E-state index contributed by atoms with van der Waals surface area (Å²) in [7, 11) is 1.37. The molecular weight excluding hydrogens is 452 g/mol. The van der Waals surface area contributed by atoms with E-state index in [0.717, 1.165) is 43.2 Å². The topological polar surface area (TPSA) is 65.1 Å². The van der Waals surface area contributed by atoms with E-state index in [2.05, 4.69) is 33.3 Å².